The third kappa shape index (κ3) is 4.86. The highest BCUT2D eigenvalue weighted by Gasteiger charge is 2.22. The van der Waals surface area contributed by atoms with E-state index in [1.54, 1.807) is 0 Å². The SMILES string of the molecule is NC(=O)NC[C@@H]1CCC[C@@H](CNC(N)=O)C1. The third-order valence-corrected chi connectivity index (χ3v) is 3.02. The molecule has 0 unspecified atom stereocenters. The van der Waals surface area contributed by atoms with Gasteiger partial charge in [-0.3, -0.25) is 0 Å². The Morgan fingerprint density at radius 2 is 1.44 bits per heavy atom. The molecule has 0 bridgehead atoms. The second kappa shape index (κ2) is 6.19. The van der Waals surface area contributed by atoms with E-state index in [4.69, 9.17) is 11.5 Å². The van der Waals surface area contributed by atoms with Gasteiger partial charge in [-0.15, -0.1) is 0 Å². The van der Waals surface area contributed by atoms with Crippen molar-refractivity contribution >= 4 is 12.1 Å². The van der Waals surface area contributed by atoms with Crippen molar-refractivity contribution in [2.45, 2.75) is 25.7 Å². The lowest BCUT2D eigenvalue weighted by atomic mass is 9.81. The van der Waals surface area contributed by atoms with Crippen molar-refractivity contribution in [1.29, 1.82) is 0 Å². The summed E-state index contributed by atoms with van der Waals surface area (Å²) in [6, 6.07) is -0.949. The van der Waals surface area contributed by atoms with Crippen LogP contribution in [0.4, 0.5) is 9.59 Å². The Hall–Kier alpha value is -1.46. The average molecular weight is 228 g/mol. The Bertz CT molecular complexity index is 233. The summed E-state index contributed by atoms with van der Waals surface area (Å²) < 4.78 is 0. The number of primary amides is 2. The molecule has 0 aliphatic heterocycles. The van der Waals surface area contributed by atoms with Crippen LogP contribution in [-0.4, -0.2) is 25.2 Å². The molecule has 0 aromatic heterocycles. The fourth-order valence-corrected chi connectivity index (χ4v) is 2.26. The first-order valence-electron chi connectivity index (χ1n) is 5.64. The lowest BCUT2D eigenvalue weighted by Crippen LogP contribution is -2.38. The second-order valence-electron chi connectivity index (χ2n) is 4.39. The molecule has 6 N–H and O–H groups in total. The minimum Gasteiger partial charge on any atom is -0.352 e. The minimum absolute atomic E-state index is 0.459. The number of rotatable bonds is 4. The molecule has 2 atom stereocenters. The maximum absolute atomic E-state index is 10.6. The largest absolute Gasteiger partial charge is 0.352 e. The zero-order valence-electron chi connectivity index (χ0n) is 9.37. The summed E-state index contributed by atoms with van der Waals surface area (Å²) in [5, 5.41) is 5.25. The molecule has 0 saturated heterocycles. The van der Waals surface area contributed by atoms with Gasteiger partial charge in [-0.05, 0) is 31.1 Å². The first-order valence-corrected chi connectivity index (χ1v) is 5.64. The third-order valence-electron chi connectivity index (χ3n) is 3.02. The molecule has 1 saturated carbocycles. The molecule has 0 aromatic rings. The van der Waals surface area contributed by atoms with Gasteiger partial charge in [0.2, 0.25) is 0 Å². The molecule has 1 aliphatic rings. The molecular formula is C10H20N4O2. The summed E-state index contributed by atoms with van der Waals surface area (Å²) in [5.74, 6) is 0.918. The average Bonchev–Trinajstić information content (AvgIpc) is 2.24. The first-order chi connectivity index (χ1) is 7.58. The number of carbonyl (C=O) groups is 2. The van der Waals surface area contributed by atoms with E-state index in [1.807, 2.05) is 0 Å². The monoisotopic (exact) mass is 228 g/mol. The molecule has 92 valence electrons. The summed E-state index contributed by atoms with van der Waals surface area (Å²) in [5.41, 5.74) is 10.0. The maximum Gasteiger partial charge on any atom is 0.312 e. The van der Waals surface area contributed by atoms with Gasteiger partial charge in [0, 0.05) is 13.1 Å². The smallest absolute Gasteiger partial charge is 0.312 e. The number of urea groups is 2. The molecule has 1 fully saturated rings. The molecular weight excluding hydrogens is 208 g/mol. The van der Waals surface area contributed by atoms with Crippen molar-refractivity contribution in [3.05, 3.63) is 0 Å². The molecule has 6 nitrogen and oxygen atoms in total. The van der Waals surface area contributed by atoms with Crippen LogP contribution in [0.25, 0.3) is 0 Å². The van der Waals surface area contributed by atoms with Crippen LogP contribution in [0.3, 0.4) is 0 Å². The number of amides is 4. The standard InChI is InChI=1S/C10H20N4O2/c11-9(15)13-5-7-2-1-3-8(4-7)6-14-10(12)16/h7-8H,1-6H2,(H3,11,13,15)(H3,12,14,16)/t7-,8-/m1/s1. The zero-order chi connectivity index (χ0) is 12.0. The minimum atomic E-state index is -0.475. The summed E-state index contributed by atoms with van der Waals surface area (Å²) >= 11 is 0. The highest BCUT2D eigenvalue weighted by Crippen LogP contribution is 2.28. The molecule has 0 spiro atoms. The van der Waals surface area contributed by atoms with Gasteiger partial charge in [0.15, 0.2) is 0 Å². The van der Waals surface area contributed by atoms with Crippen molar-refractivity contribution in [2.24, 2.45) is 23.3 Å². The highest BCUT2D eigenvalue weighted by atomic mass is 16.2. The van der Waals surface area contributed by atoms with Gasteiger partial charge in [-0.25, -0.2) is 9.59 Å². The number of carbonyl (C=O) groups excluding carboxylic acids is 2. The summed E-state index contributed by atoms with van der Waals surface area (Å²) in [6.07, 6.45) is 4.33. The normalized spacial score (nSPS) is 24.8. The molecule has 0 heterocycles. The lowest BCUT2D eigenvalue weighted by molar-refractivity contribution is 0.228. The number of hydrogen-bond donors (Lipinski definition) is 4. The summed E-state index contributed by atoms with van der Waals surface area (Å²) in [6.45, 7) is 1.25. The van der Waals surface area contributed by atoms with E-state index in [0.29, 0.717) is 24.9 Å². The van der Waals surface area contributed by atoms with Crippen molar-refractivity contribution in [2.75, 3.05) is 13.1 Å². The summed E-state index contributed by atoms with van der Waals surface area (Å²) in [4.78, 5) is 21.2. The van der Waals surface area contributed by atoms with Crippen molar-refractivity contribution in [3.8, 4) is 0 Å². The van der Waals surface area contributed by atoms with Crippen LogP contribution >= 0.6 is 0 Å². The fourth-order valence-electron chi connectivity index (χ4n) is 2.26. The predicted molar refractivity (Wildman–Crippen MR) is 60.6 cm³/mol. The van der Waals surface area contributed by atoms with E-state index in [-0.39, 0.29) is 0 Å². The lowest BCUT2D eigenvalue weighted by Gasteiger charge is -2.29. The van der Waals surface area contributed by atoms with Gasteiger partial charge in [-0.1, -0.05) is 6.42 Å². The fraction of sp³-hybridized carbons (Fsp3) is 0.800. The number of nitrogens with one attached hydrogen (secondary N) is 2. The van der Waals surface area contributed by atoms with Gasteiger partial charge >= 0.3 is 12.1 Å². The van der Waals surface area contributed by atoms with Crippen molar-refractivity contribution in [3.63, 3.8) is 0 Å². The Balaban J connectivity index is 2.24. The number of nitrogens with two attached hydrogens (primary N) is 2. The Morgan fingerprint density at radius 1 is 1.00 bits per heavy atom. The Morgan fingerprint density at radius 3 is 1.81 bits per heavy atom. The van der Waals surface area contributed by atoms with E-state index in [2.05, 4.69) is 10.6 Å². The van der Waals surface area contributed by atoms with E-state index in [0.717, 1.165) is 25.7 Å². The summed E-state index contributed by atoms with van der Waals surface area (Å²) in [7, 11) is 0. The zero-order valence-corrected chi connectivity index (χ0v) is 9.37. The van der Waals surface area contributed by atoms with E-state index < -0.39 is 12.1 Å². The van der Waals surface area contributed by atoms with Crippen LogP contribution in [-0.2, 0) is 0 Å². The molecule has 0 radical (unpaired) electrons. The van der Waals surface area contributed by atoms with E-state index >= 15 is 0 Å². The molecule has 6 heteroatoms. The van der Waals surface area contributed by atoms with Crippen LogP contribution in [0.1, 0.15) is 25.7 Å². The molecule has 1 aliphatic carbocycles. The van der Waals surface area contributed by atoms with E-state index in [9.17, 15) is 9.59 Å². The second-order valence-corrected chi connectivity index (χ2v) is 4.39. The van der Waals surface area contributed by atoms with Crippen LogP contribution in [0, 0.1) is 11.8 Å². The molecule has 4 amide bonds. The van der Waals surface area contributed by atoms with Crippen LogP contribution in [0.15, 0.2) is 0 Å². The first kappa shape index (κ1) is 12.6. The van der Waals surface area contributed by atoms with Crippen LogP contribution in [0.2, 0.25) is 0 Å². The van der Waals surface area contributed by atoms with Gasteiger partial charge in [0.05, 0.1) is 0 Å². The van der Waals surface area contributed by atoms with Crippen molar-refractivity contribution < 1.29 is 9.59 Å². The maximum atomic E-state index is 10.6. The van der Waals surface area contributed by atoms with Gasteiger partial charge in [0.1, 0.15) is 0 Å². The Labute approximate surface area is 95.1 Å². The van der Waals surface area contributed by atoms with E-state index in [1.165, 1.54) is 0 Å². The molecule has 0 aromatic carbocycles. The Kier molecular flexibility index (Phi) is 4.88. The van der Waals surface area contributed by atoms with Crippen LogP contribution < -0.4 is 22.1 Å². The predicted octanol–water partition coefficient (Wildman–Crippen LogP) is 0.129. The van der Waals surface area contributed by atoms with Crippen molar-refractivity contribution in [1.82, 2.24) is 10.6 Å². The molecule has 1 rings (SSSR count). The molecule has 16 heavy (non-hydrogen) atoms. The topological polar surface area (TPSA) is 110 Å². The van der Waals surface area contributed by atoms with Gasteiger partial charge in [-0.2, -0.15) is 0 Å². The van der Waals surface area contributed by atoms with Gasteiger partial charge < -0.3 is 22.1 Å². The highest BCUT2D eigenvalue weighted by molar-refractivity contribution is 5.71. The van der Waals surface area contributed by atoms with Gasteiger partial charge in [0.25, 0.3) is 0 Å². The quantitative estimate of drug-likeness (QED) is 0.548. The van der Waals surface area contributed by atoms with Crippen LogP contribution in [0.5, 0.6) is 0 Å². The number of hydrogen-bond acceptors (Lipinski definition) is 2.